The number of nitrogens with zero attached hydrogens (tertiary/aromatic N) is 2. The monoisotopic (exact) mass is 278 g/mol. The maximum Gasteiger partial charge on any atom is 0.340 e. The highest BCUT2D eigenvalue weighted by Gasteiger charge is 2.17. The number of aryl methyl sites for hydroxylation is 1. The molecule has 1 aromatic carbocycles. The first-order valence-corrected chi connectivity index (χ1v) is 5.59. The van der Waals surface area contributed by atoms with Crippen molar-refractivity contribution >= 4 is 17.6 Å². The molecule has 1 amide bonds. The van der Waals surface area contributed by atoms with E-state index in [9.17, 15) is 14.0 Å². The second kappa shape index (κ2) is 5.47. The lowest BCUT2D eigenvalue weighted by molar-refractivity contribution is 0.0601. The molecule has 0 radical (unpaired) electrons. The van der Waals surface area contributed by atoms with E-state index >= 15 is 0 Å². The number of halogens is 1. The van der Waals surface area contributed by atoms with Gasteiger partial charge in [0.15, 0.2) is 0 Å². The molecule has 2 rings (SSSR count). The van der Waals surface area contributed by atoms with Crippen LogP contribution in [0.1, 0.15) is 26.8 Å². The Balaban J connectivity index is 2.29. The van der Waals surface area contributed by atoms with Gasteiger partial charge in [-0.1, -0.05) is 0 Å². The Kier molecular flexibility index (Phi) is 3.74. The molecule has 0 saturated carbocycles. The number of carbonyl (C=O) groups excluding carboxylic acids is 2. The summed E-state index contributed by atoms with van der Waals surface area (Å²) in [5.74, 6) is -1.60. The molecule has 0 unspecified atom stereocenters. The van der Waals surface area contributed by atoms with Crippen molar-refractivity contribution < 1.29 is 18.7 Å². The van der Waals surface area contributed by atoms with Crippen LogP contribution >= 0.6 is 0 Å². The van der Waals surface area contributed by atoms with Crippen molar-refractivity contribution in [2.24, 2.45) is 0 Å². The zero-order valence-corrected chi connectivity index (χ0v) is 10.7. The quantitative estimate of drug-likeness (QED) is 0.824. The van der Waals surface area contributed by atoms with E-state index in [0.29, 0.717) is 5.82 Å². The molecule has 0 bridgehead atoms. The SMILES string of the molecule is COC(=O)c1cc(F)ccc1NC(=O)c1n[nH]c(C)n1. The zero-order valence-electron chi connectivity index (χ0n) is 10.7. The smallest absolute Gasteiger partial charge is 0.340 e. The van der Waals surface area contributed by atoms with Gasteiger partial charge in [0.25, 0.3) is 5.91 Å². The van der Waals surface area contributed by atoms with E-state index in [2.05, 4.69) is 25.2 Å². The van der Waals surface area contributed by atoms with Crippen molar-refractivity contribution in [3.05, 3.63) is 41.2 Å². The molecule has 0 fully saturated rings. The van der Waals surface area contributed by atoms with Crippen LogP contribution in [-0.4, -0.2) is 34.2 Å². The number of hydrogen-bond donors (Lipinski definition) is 2. The van der Waals surface area contributed by atoms with Gasteiger partial charge in [0, 0.05) is 0 Å². The molecular weight excluding hydrogens is 267 g/mol. The van der Waals surface area contributed by atoms with Crippen molar-refractivity contribution in [1.82, 2.24) is 15.2 Å². The highest BCUT2D eigenvalue weighted by molar-refractivity contribution is 6.06. The average Bonchev–Trinajstić information content (AvgIpc) is 2.86. The number of anilines is 1. The van der Waals surface area contributed by atoms with Gasteiger partial charge in [0.1, 0.15) is 11.6 Å². The molecule has 0 aliphatic rings. The Morgan fingerprint density at radius 1 is 1.40 bits per heavy atom. The van der Waals surface area contributed by atoms with Crippen LogP contribution in [0.2, 0.25) is 0 Å². The largest absolute Gasteiger partial charge is 0.465 e. The number of rotatable bonds is 3. The first-order chi connectivity index (χ1) is 9.51. The molecule has 1 heterocycles. The number of aromatic amines is 1. The summed E-state index contributed by atoms with van der Waals surface area (Å²) >= 11 is 0. The van der Waals surface area contributed by atoms with Crippen molar-refractivity contribution in [3.8, 4) is 0 Å². The molecule has 20 heavy (non-hydrogen) atoms. The Morgan fingerprint density at radius 2 is 2.15 bits per heavy atom. The van der Waals surface area contributed by atoms with Gasteiger partial charge >= 0.3 is 5.97 Å². The third kappa shape index (κ3) is 2.79. The van der Waals surface area contributed by atoms with Crippen molar-refractivity contribution in [3.63, 3.8) is 0 Å². The maximum atomic E-state index is 13.2. The predicted octanol–water partition coefficient (Wildman–Crippen LogP) is 1.29. The minimum absolute atomic E-state index is 0.0809. The van der Waals surface area contributed by atoms with Crippen LogP contribution in [0.15, 0.2) is 18.2 Å². The fourth-order valence-electron chi connectivity index (χ4n) is 1.53. The van der Waals surface area contributed by atoms with E-state index in [1.165, 1.54) is 6.07 Å². The summed E-state index contributed by atoms with van der Waals surface area (Å²) in [5.41, 5.74) is 0.0267. The molecular formula is C12H11FN4O3. The van der Waals surface area contributed by atoms with Crippen LogP contribution in [0.3, 0.4) is 0 Å². The molecule has 2 N–H and O–H groups in total. The minimum atomic E-state index is -0.758. The topological polar surface area (TPSA) is 97.0 Å². The van der Waals surface area contributed by atoms with Crippen LogP contribution in [-0.2, 0) is 4.74 Å². The first-order valence-electron chi connectivity index (χ1n) is 5.59. The van der Waals surface area contributed by atoms with Crippen LogP contribution in [0, 0.1) is 12.7 Å². The van der Waals surface area contributed by atoms with E-state index < -0.39 is 17.7 Å². The summed E-state index contributed by atoms with van der Waals surface area (Å²) in [4.78, 5) is 27.3. The van der Waals surface area contributed by atoms with Gasteiger partial charge in [-0.3, -0.25) is 9.89 Å². The molecule has 0 aliphatic heterocycles. The Bertz CT molecular complexity index is 668. The number of ether oxygens (including phenoxy) is 1. The highest BCUT2D eigenvalue weighted by atomic mass is 19.1. The molecule has 104 valence electrons. The number of nitrogens with one attached hydrogen (secondary N) is 2. The Hall–Kier alpha value is -2.77. The molecule has 2 aromatic rings. The van der Waals surface area contributed by atoms with Crippen molar-refractivity contribution in [2.75, 3.05) is 12.4 Å². The number of hydrogen-bond acceptors (Lipinski definition) is 5. The number of methoxy groups -OCH3 is 1. The van der Waals surface area contributed by atoms with E-state index in [0.717, 1.165) is 19.2 Å². The van der Waals surface area contributed by atoms with Gasteiger partial charge in [-0.15, -0.1) is 5.10 Å². The van der Waals surface area contributed by atoms with Crippen molar-refractivity contribution in [1.29, 1.82) is 0 Å². The van der Waals surface area contributed by atoms with Crippen LogP contribution in [0.25, 0.3) is 0 Å². The summed E-state index contributed by atoms with van der Waals surface area (Å²) in [5, 5.41) is 8.64. The molecule has 0 aliphatic carbocycles. The van der Waals surface area contributed by atoms with E-state index in [-0.39, 0.29) is 17.1 Å². The fraction of sp³-hybridized carbons (Fsp3) is 0.167. The third-order valence-corrected chi connectivity index (χ3v) is 2.44. The lowest BCUT2D eigenvalue weighted by Gasteiger charge is -2.08. The lowest BCUT2D eigenvalue weighted by atomic mass is 10.1. The van der Waals surface area contributed by atoms with E-state index in [1.54, 1.807) is 6.92 Å². The van der Waals surface area contributed by atoms with Crippen LogP contribution < -0.4 is 5.32 Å². The Morgan fingerprint density at radius 3 is 2.75 bits per heavy atom. The number of benzene rings is 1. The van der Waals surface area contributed by atoms with Gasteiger partial charge in [0.05, 0.1) is 18.4 Å². The number of carbonyl (C=O) groups is 2. The molecule has 1 aromatic heterocycles. The fourth-order valence-corrected chi connectivity index (χ4v) is 1.53. The second-order valence-corrected chi connectivity index (χ2v) is 3.88. The predicted molar refractivity (Wildman–Crippen MR) is 66.8 cm³/mol. The van der Waals surface area contributed by atoms with Crippen molar-refractivity contribution in [2.45, 2.75) is 6.92 Å². The third-order valence-electron chi connectivity index (χ3n) is 2.44. The maximum absolute atomic E-state index is 13.2. The molecule has 0 saturated heterocycles. The number of esters is 1. The standard InChI is InChI=1S/C12H11FN4O3/c1-6-14-10(17-16-6)11(18)15-9-4-3-7(13)5-8(9)12(19)20-2/h3-5H,1-2H3,(H,15,18)(H,14,16,17). The lowest BCUT2D eigenvalue weighted by Crippen LogP contribution is -2.17. The van der Waals surface area contributed by atoms with Crippen LogP contribution in [0.5, 0.6) is 0 Å². The van der Waals surface area contributed by atoms with E-state index in [1.807, 2.05) is 0 Å². The summed E-state index contributed by atoms with van der Waals surface area (Å²) in [6.07, 6.45) is 0. The highest BCUT2D eigenvalue weighted by Crippen LogP contribution is 2.18. The number of H-pyrrole nitrogens is 1. The van der Waals surface area contributed by atoms with Gasteiger partial charge in [-0.2, -0.15) is 0 Å². The average molecular weight is 278 g/mol. The summed E-state index contributed by atoms with van der Waals surface area (Å²) in [6.45, 7) is 1.64. The first kappa shape index (κ1) is 13.7. The van der Waals surface area contributed by atoms with Gasteiger partial charge < -0.3 is 10.1 Å². The zero-order chi connectivity index (χ0) is 14.7. The van der Waals surface area contributed by atoms with E-state index in [4.69, 9.17) is 0 Å². The molecule has 8 heteroatoms. The second-order valence-electron chi connectivity index (χ2n) is 3.88. The molecule has 0 atom stereocenters. The summed E-state index contributed by atoms with van der Waals surface area (Å²) in [7, 11) is 1.16. The van der Waals surface area contributed by atoms with Gasteiger partial charge in [-0.05, 0) is 25.1 Å². The number of aromatic nitrogens is 3. The summed E-state index contributed by atoms with van der Waals surface area (Å²) < 4.78 is 17.7. The molecule has 7 nitrogen and oxygen atoms in total. The number of amides is 1. The van der Waals surface area contributed by atoms with Gasteiger partial charge in [-0.25, -0.2) is 14.2 Å². The minimum Gasteiger partial charge on any atom is -0.465 e. The summed E-state index contributed by atoms with van der Waals surface area (Å²) in [6, 6.07) is 3.36. The van der Waals surface area contributed by atoms with Gasteiger partial charge in [0.2, 0.25) is 5.82 Å². The van der Waals surface area contributed by atoms with Crippen LogP contribution in [0.4, 0.5) is 10.1 Å². The Labute approximate surface area is 113 Å². The molecule has 0 spiro atoms. The normalized spacial score (nSPS) is 10.2.